The van der Waals surface area contributed by atoms with Crippen LogP contribution in [0, 0.1) is 0 Å². The number of H-pyrrole nitrogens is 1. The zero-order valence-corrected chi connectivity index (χ0v) is 10.2. The zero-order chi connectivity index (χ0) is 13.1. The molecule has 0 amide bonds. The van der Waals surface area contributed by atoms with Crippen molar-refractivity contribution in [3.63, 3.8) is 0 Å². The number of phenolic OH excluding ortho intramolecular Hbond substituents is 1. The Labute approximate surface area is 110 Å². The number of aromatic hydroxyl groups is 1. The molecule has 0 saturated heterocycles. The molecule has 1 aromatic heterocycles. The van der Waals surface area contributed by atoms with Gasteiger partial charge in [-0.05, 0) is 30.3 Å². The van der Waals surface area contributed by atoms with Crippen molar-refractivity contribution >= 4 is 22.8 Å². The Morgan fingerprint density at radius 3 is 2.79 bits per heavy atom. The molecule has 0 bridgehead atoms. The summed E-state index contributed by atoms with van der Waals surface area (Å²) in [4.78, 5) is 7.56. The molecule has 0 aliphatic rings. The minimum atomic E-state index is 0.236. The number of benzene rings is 2. The minimum absolute atomic E-state index is 0.236. The van der Waals surface area contributed by atoms with Crippen LogP contribution in [0.3, 0.4) is 0 Å². The SMILES string of the molecule is Oc1ccccc1C=Nc1ccc2[nH+]cccc2c1. The average molecular weight is 249 g/mol. The second kappa shape index (κ2) is 4.90. The highest BCUT2D eigenvalue weighted by atomic mass is 16.3. The fourth-order valence-electron chi connectivity index (χ4n) is 1.93. The maximum Gasteiger partial charge on any atom is 0.210 e. The molecule has 3 heteroatoms. The molecule has 92 valence electrons. The minimum Gasteiger partial charge on any atom is -0.507 e. The molecule has 0 aliphatic carbocycles. The highest BCUT2D eigenvalue weighted by Gasteiger charge is 2.00. The number of hydrogen-bond donors (Lipinski definition) is 1. The number of aliphatic imine (C=N–C) groups is 1. The average Bonchev–Trinajstić information content (AvgIpc) is 2.46. The molecule has 0 fully saturated rings. The number of aromatic amines is 1. The van der Waals surface area contributed by atoms with Crippen LogP contribution in [0.15, 0.2) is 65.8 Å². The van der Waals surface area contributed by atoms with Crippen molar-refractivity contribution in [2.45, 2.75) is 0 Å². The summed E-state index contributed by atoms with van der Waals surface area (Å²) in [7, 11) is 0. The van der Waals surface area contributed by atoms with E-state index >= 15 is 0 Å². The molecule has 3 rings (SSSR count). The molecule has 1 heterocycles. The summed E-state index contributed by atoms with van der Waals surface area (Å²) in [5.74, 6) is 0.236. The number of fused-ring (bicyclic) bond motifs is 1. The van der Waals surface area contributed by atoms with Crippen molar-refractivity contribution in [3.05, 3.63) is 66.4 Å². The van der Waals surface area contributed by atoms with Crippen molar-refractivity contribution in [1.29, 1.82) is 0 Å². The van der Waals surface area contributed by atoms with Gasteiger partial charge in [0.2, 0.25) is 5.52 Å². The van der Waals surface area contributed by atoms with Gasteiger partial charge in [-0.25, -0.2) is 4.98 Å². The Kier molecular flexibility index (Phi) is 2.94. The van der Waals surface area contributed by atoms with Crippen molar-refractivity contribution in [3.8, 4) is 5.75 Å². The lowest BCUT2D eigenvalue weighted by Crippen LogP contribution is -2.00. The Morgan fingerprint density at radius 1 is 1.00 bits per heavy atom. The predicted octanol–water partition coefficient (Wildman–Crippen LogP) is 3.11. The van der Waals surface area contributed by atoms with Gasteiger partial charge >= 0.3 is 0 Å². The van der Waals surface area contributed by atoms with Gasteiger partial charge in [0.15, 0.2) is 6.20 Å². The molecule has 3 aromatic rings. The Hall–Kier alpha value is -2.68. The Balaban J connectivity index is 1.95. The van der Waals surface area contributed by atoms with Crippen LogP contribution in [0.25, 0.3) is 10.9 Å². The van der Waals surface area contributed by atoms with E-state index in [1.807, 2.05) is 48.7 Å². The first-order valence-electron chi connectivity index (χ1n) is 6.05. The van der Waals surface area contributed by atoms with Crippen molar-refractivity contribution in [1.82, 2.24) is 0 Å². The number of hydrogen-bond acceptors (Lipinski definition) is 2. The monoisotopic (exact) mass is 249 g/mol. The first-order chi connectivity index (χ1) is 9.33. The van der Waals surface area contributed by atoms with Gasteiger partial charge in [-0.3, -0.25) is 4.99 Å². The molecule has 0 saturated carbocycles. The lowest BCUT2D eigenvalue weighted by Gasteiger charge is -1.97. The lowest BCUT2D eigenvalue weighted by molar-refractivity contribution is -0.344. The van der Waals surface area contributed by atoms with Crippen LogP contribution in [0.5, 0.6) is 5.75 Å². The Morgan fingerprint density at radius 2 is 1.89 bits per heavy atom. The van der Waals surface area contributed by atoms with Crippen LogP contribution in [-0.2, 0) is 0 Å². The molecule has 0 radical (unpaired) electrons. The number of para-hydroxylation sites is 1. The van der Waals surface area contributed by atoms with Gasteiger partial charge in [-0.2, -0.15) is 0 Å². The van der Waals surface area contributed by atoms with E-state index in [4.69, 9.17) is 0 Å². The highest BCUT2D eigenvalue weighted by molar-refractivity contribution is 5.86. The van der Waals surface area contributed by atoms with E-state index in [0.717, 1.165) is 16.6 Å². The van der Waals surface area contributed by atoms with Gasteiger partial charge in [0.25, 0.3) is 0 Å². The van der Waals surface area contributed by atoms with Gasteiger partial charge < -0.3 is 5.11 Å². The van der Waals surface area contributed by atoms with Gasteiger partial charge in [0.05, 0.1) is 5.69 Å². The van der Waals surface area contributed by atoms with Gasteiger partial charge in [0.1, 0.15) is 5.75 Å². The topological polar surface area (TPSA) is 46.7 Å². The second-order valence-corrected chi connectivity index (χ2v) is 4.26. The molecule has 0 aliphatic heterocycles. The Bertz CT molecular complexity index is 750. The third-order valence-electron chi connectivity index (χ3n) is 2.94. The van der Waals surface area contributed by atoms with E-state index in [0.29, 0.717) is 5.56 Å². The van der Waals surface area contributed by atoms with Crippen molar-refractivity contribution in [2.75, 3.05) is 0 Å². The van der Waals surface area contributed by atoms with E-state index in [1.165, 1.54) is 0 Å². The normalized spacial score (nSPS) is 11.2. The van der Waals surface area contributed by atoms with E-state index in [2.05, 4.69) is 9.98 Å². The third-order valence-corrected chi connectivity index (χ3v) is 2.94. The quantitative estimate of drug-likeness (QED) is 0.697. The first kappa shape index (κ1) is 11.4. The van der Waals surface area contributed by atoms with Crippen molar-refractivity contribution in [2.24, 2.45) is 4.99 Å². The van der Waals surface area contributed by atoms with Gasteiger partial charge in [0, 0.05) is 29.3 Å². The number of rotatable bonds is 2. The fourth-order valence-corrected chi connectivity index (χ4v) is 1.93. The van der Waals surface area contributed by atoms with Crippen LogP contribution in [0.4, 0.5) is 5.69 Å². The van der Waals surface area contributed by atoms with E-state index in [1.54, 1.807) is 18.3 Å². The maximum absolute atomic E-state index is 9.66. The molecule has 19 heavy (non-hydrogen) atoms. The van der Waals surface area contributed by atoms with Crippen molar-refractivity contribution < 1.29 is 10.1 Å². The van der Waals surface area contributed by atoms with Crippen LogP contribution in [0.1, 0.15) is 5.56 Å². The molecule has 3 nitrogen and oxygen atoms in total. The maximum atomic E-state index is 9.66. The van der Waals surface area contributed by atoms with Gasteiger partial charge in [-0.15, -0.1) is 0 Å². The summed E-state index contributed by atoms with van der Waals surface area (Å²) in [6, 6.07) is 17.1. The zero-order valence-electron chi connectivity index (χ0n) is 10.2. The molecule has 0 atom stereocenters. The second-order valence-electron chi connectivity index (χ2n) is 4.26. The number of nitrogens with zero attached hydrogens (tertiary/aromatic N) is 1. The number of aromatic nitrogens is 1. The van der Waals surface area contributed by atoms with E-state index < -0.39 is 0 Å². The number of nitrogens with one attached hydrogen (secondary N) is 1. The van der Waals surface area contributed by atoms with Gasteiger partial charge in [-0.1, -0.05) is 12.1 Å². The molecule has 0 spiro atoms. The number of pyridine rings is 1. The molecule has 0 unspecified atom stereocenters. The first-order valence-corrected chi connectivity index (χ1v) is 6.05. The van der Waals surface area contributed by atoms with Crippen LogP contribution >= 0.6 is 0 Å². The summed E-state index contributed by atoms with van der Waals surface area (Å²) in [5.41, 5.74) is 2.64. The summed E-state index contributed by atoms with van der Waals surface area (Å²) in [6.07, 6.45) is 3.57. The molecule has 2 N–H and O–H groups in total. The smallest absolute Gasteiger partial charge is 0.210 e. The number of phenols is 1. The summed E-state index contributed by atoms with van der Waals surface area (Å²) in [5, 5.41) is 10.8. The predicted molar refractivity (Wildman–Crippen MR) is 75.9 cm³/mol. The summed E-state index contributed by atoms with van der Waals surface area (Å²) < 4.78 is 0. The third kappa shape index (κ3) is 2.45. The molecule has 2 aromatic carbocycles. The lowest BCUT2D eigenvalue weighted by atomic mass is 10.2. The molecular formula is C16H13N2O+. The van der Waals surface area contributed by atoms with E-state index in [-0.39, 0.29) is 5.75 Å². The highest BCUT2D eigenvalue weighted by Crippen LogP contribution is 2.19. The standard InChI is InChI=1S/C16H12N2O/c19-16-6-2-1-4-13(16)11-18-14-7-8-15-12(10-14)5-3-9-17-15/h1-11,19H/p+1. The van der Waals surface area contributed by atoms with Crippen LogP contribution < -0.4 is 4.98 Å². The molecular weight excluding hydrogens is 236 g/mol. The van der Waals surface area contributed by atoms with E-state index in [9.17, 15) is 5.11 Å². The fraction of sp³-hybridized carbons (Fsp3) is 0. The largest absolute Gasteiger partial charge is 0.507 e. The summed E-state index contributed by atoms with van der Waals surface area (Å²) >= 11 is 0. The summed E-state index contributed by atoms with van der Waals surface area (Å²) in [6.45, 7) is 0. The van der Waals surface area contributed by atoms with Crippen LogP contribution in [0.2, 0.25) is 0 Å². The van der Waals surface area contributed by atoms with Crippen LogP contribution in [-0.4, -0.2) is 11.3 Å².